The molecule has 12 heavy (non-hydrogen) atoms. The molecule has 0 fully saturated rings. The van der Waals surface area contributed by atoms with Gasteiger partial charge >= 0.3 is 0 Å². The highest BCUT2D eigenvalue weighted by atomic mass is 32.1. The molecule has 1 aliphatic rings. The molecule has 0 unspecified atom stereocenters. The van der Waals surface area contributed by atoms with E-state index in [1.807, 2.05) is 0 Å². The lowest BCUT2D eigenvalue weighted by Crippen LogP contribution is -1.72. The molecule has 0 saturated heterocycles. The van der Waals surface area contributed by atoms with E-state index < -0.39 is 0 Å². The van der Waals surface area contributed by atoms with Gasteiger partial charge < -0.3 is 0 Å². The van der Waals surface area contributed by atoms with Gasteiger partial charge in [0.05, 0.1) is 0 Å². The summed E-state index contributed by atoms with van der Waals surface area (Å²) in [6.07, 6.45) is 11.9. The van der Waals surface area contributed by atoms with E-state index in [0.717, 1.165) is 6.42 Å². The predicted molar refractivity (Wildman–Crippen MR) is 55.2 cm³/mol. The highest BCUT2D eigenvalue weighted by Crippen LogP contribution is 2.20. The van der Waals surface area contributed by atoms with Crippen LogP contribution >= 0.6 is 11.3 Å². The van der Waals surface area contributed by atoms with Crippen LogP contribution in [0.5, 0.6) is 0 Å². The summed E-state index contributed by atoms with van der Waals surface area (Å²) in [4.78, 5) is 0. The normalized spacial score (nSPS) is 15.8. The highest BCUT2D eigenvalue weighted by Gasteiger charge is 1.97. The minimum absolute atomic E-state index is 1.05. The largest absolute Gasteiger partial charge is 0.152 e. The second-order valence-corrected chi connectivity index (χ2v) is 3.48. The van der Waals surface area contributed by atoms with Gasteiger partial charge in [-0.2, -0.15) is 11.3 Å². The maximum absolute atomic E-state index is 2.19. The van der Waals surface area contributed by atoms with Crippen molar-refractivity contribution in [1.82, 2.24) is 0 Å². The van der Waals surface area contributed by atoms with Gasteiger partial charge in [0.2, 0.25) is 0 Å². The Morgan fingerprint density at radius 1 is 1.25 bits per heavy atom. The molecule has 0 bridgehead atoms. The van der Waals surface area contributed by atoms with Gasteiger partial charge in [0.25, 0.3) is 0 Å². The molecule has 0 N–H and O–H groups in total. The quantitative estimate of drug-likeness (QED) is 0.609. The van der Waals surface area contributed by atoms with Crippen molar-refractivity contribution in [2.24, 2.45) is 0 Å². The van der Waals surface area contributed by atoms with Gasteiger partial charge in [-0.1, -0.05) is 30.4 Å². The molecule has 1 heterocycles. The van der Waals surface area contributed by atoms with Crippen LogP contribution in [0.1, 0.15) is 12.0 Å². The maximum Gasteiger partial charge on any atom is -0.00147 e. The van der Waals surface area contributed by atoms with Gasteiger partial charge in [0, 0.05) is 0 Å². The summed E-state index contributed by atoms with van der Waals surface area (Å²) in [6.45, 7) is 0. The molecule has 0 aliphatic heterocycles. The first-order chi connectivity index (χ1) is 5.97. The van der Waals surface area contributed by atoms with Crippen molar-refractivity contribution in [2.45, 2.75) is 6.42 Å². The number of thiophene rings is 1. The summed E-state index contributed by atoms with van der Waals surface area (Å²) in [7, 11) is 0. The molecule has 0 aromatic carbocycles. The lowest BCUT2D eigenvalue weighted by Gasteiger charge is -1.94. The van der Waals surface area contributed by atoms with Crippen LogP contribution in [0.25, 0.3) is 5.57 Å². The fourth-order valence-electron chi connectivity index (χ4n) is 1.20. The summed E-state index contributed by atoms with van der Waals surface area (Å²) in [5.41, 5.74) is 2.63. The second-order valence-electron chi connectivity index (χ2n) is 2.70. The van der Waals surface area contributed by atoms with E-state index in [1.54, 1.807) is 11.3 Å². The van der Waals surface area contributed by atoms with Crippen molar-refractivity contribution in [3.8, 4) is 0 Å². The van der Waals surface area contributed by atoms with Crippen LogP contribution in [0.15, 0.2) is 47.2 Å². The van der Waals surface area contributed by atoms with Crippen molar-refractivity contribution >= 4 is 16.9 Å². The maximum atomic E-state index is 2.19. The first-order valence-electron chi connectivity index (χ1n) is 4.03. The fraction of sp³-hybridized carbons (Fsp3) is 0.0909. The zero-order chi connectivity index (χ0) is 8.23. The zero-order valence-corrected chi connectivity index (χ0v) is 7.55. The van der Waals surface area contributed by atoms with Gasteiger partial charge in [-0.15, -0.1) is 0 Å². The molecule has 0 nitrogen and oxygen atoms in total. The zero-order valence-electron chi connectivity index (χ0n) is 6.73. The molecule has 2 rings (SSSR count). The molecule has 1 aliphatic carbocycles. The van der Waals surface area contributed by atoms with Gasteiger partial charge in [-0.25, -0.2) is 0 Å². The van der Waals surface area contributed by atoms with Crippen LogP contribution < -0.4 is 0 Å². The Bertz CT molecular complexity index is 326. The van der Waals surface area contributed by atoms with Crippen LogP contribution in [0, 0.1) is 0 Å². The van der Waals surface area contributed by atoms with Crippen molar-refractivity contribution in [1.29, 1.82) is 0 Å². The van der Waals surface area contributed by atoms with E-state index in [1.165, 1.54) is 11.1 Å². The third-order valence-corrected chi connectivity index (χ3v) is 2.52. The Morgan fingerprint density at radius 3 is 3.08 bits per heavy atom. The van der Waals surface area contributed by atoms with Crippen molar-refractivity contribution in [3.63, 3.8) is 0 Å². The molecule has 1 aromatic heterocycles. The van der Waals surface area contributed by atoms with Crippen LogP contribution in [0.3, 0.4) is 0 Å². The van der Waals surface area contributed by atoms with Crippen molar-refractivity contribution in [3.05, 3.63) is 52.8 Å². The van der Waals surface area contributed by atoms with E-state index in [0.29, 0.717) is 0 Å². The Morgan fingerprint density at radius 2 is 2.25 bits per heavy atom. The van der Waals surface area contributed by atoms with Crippen LogP contribution in [-0.2, 0) is 0 Å². The van der Waals surface area contributed by atoms with Crippen LogP contribution in [0.2, 0.25) is 0 Å². The Hall–Kier alpha value is -1.08. The summed E-state index contributed by atoms with van der Waals surface area (Å²) in [5.74, 6) is 0. The molecule has 0 radical (unpaired) electrons. The monoisotopic (exact) mass is 174 g/mol. The van der Waals surface area contributed by atoms with Gasteiger partial charge in [-0.05, 0) is 34.4 Å². The Kier molecular flexibility index (Phi) is 2.23. The molecule has 0 spiro atoms. The van der Waals surface area contributed by atoms with E-state index >= 15 is 0 Å². The average molecular weight is 174 g/mol. The lowest BCUT2D eigenvalue weighted by atomic mass is 10.1. The van der Waals surface area contributed by atoms with Crippen LogP contribution in [0.4, 0.5) is 0 Å². The molecule has 0 amide bonds. The van der Waals surface area contributed by atoms with E-state index in [9.17, 15) is 0 Å². The van der Waals surface area contributed by atoms with Gasteiger partial charge in [0.1, 0.15) is 0 Å². The fourth-order valence-corrected chi connectivity index (χ4v) is 1.87. The molecule has 60 valence electrons. The third kappa shape index (κ3) is 1.56. The predicted octanol–water partition coefficient (Wildman–Crippen LogP) is 3.65. The number of allylic oxidation sites excluding steroid dienone is 6. The molecular formula is C11H10S. The first kappa shape index (κ1) is 7.56. The van der Waals surface area contributed by atoms with Gasteiger partial charge in [-0.3, -0.25) is 0 Å². The number of hydrogen-bond acceptors (Lipinski definition) is 1. The van der Waals surface area contributed by atoms with Crippen LogP contribution in [-0.4, -0.2) is 0 Å². The number of hydrogen-bond donors (Lipinski definition) is 0. The number of rotatable bonds is 1. The standard InChI is InChI=1S/C11H10S/c1-2-4-6-10(5-3-1)11-7-8-12-9-11/h1,3-9H,2H2. The SMILES string of the molecule is C1=CCC=CC(c2ccsc2)=C1. The Labute approximate surface area is 76.6 Å². The van der Waals surface area contributed by atoms with E-state index in [2.05, 4.69) is 47.2 Å². The minimum atomic E-state index is 1.05. The molecular weight excluding hydrogens is 164 g/mol. The van der Waals surface area contributed by atoms with Crippen molar-refractivity contribution < 1.29 is 0 Å². The van der Waals surface area contributed by atoms with E-state index in [4.69, 9.17) is 0 Å². The summed E-state index contributed by atoms with van der Waals surface area (Å²) >= 11 is 1.74. The highest BCUT2D eigenvalue weighted by molar-refractivity contribution is 7.08. The van der Waals surface area contributed by atoms with E-state index in [-0.39, 0.29) is 0 Å². The second kappa shape index (κ2) is 3.55. The summed E-state index contributed by atoms with van der Waals surface area (Å²) < 4.78 is 0. The third-order valence-electron chi connectivity index (χ3n) is 1.84. The summed E-state index contributed by atoms with van der Waals surface area (Å²) in [5, 5.41) is 4.29. The first-order valence-corrected chi connectivity index (χ1v) is 4.97. The molecule has 0 atom stereocenters. The minimum Gasteiger partial charge on any atom is -0.152 e. The van der Waals surface area contributed by atoms with Crippen molar-refractivity contribution in [2.75, 3.05) is 0 Å². The van der Waals surface area contributed by atoms with Gasteiger partial charge in [0.15, 0.2) is 0 Å². The lowest BCUT2D eigenvalue weighted by molar-refractivity contribution is 1.41. The molecule has 1 aromatic rings. The molecule has 0 saturated carbocycles. The average Bonchev–Trinajstić information content (AvgIpc) is 2.48. The summed E-state index contributed by atoms with van der Waals surface area (Å²) in [6, 6.07) is 2.15. The Balaban J connectivity index is 2.34. The molecule has 1 heteroatoms. The topological polar surface area (TPSA) is 0 Å². The smallest absolute Gasteiger partial charge is 0.00147 e.